The van der Waals surface area contributed by atoms with E-state index in [9.17, 15) is 4.79 Å². The summed E-state index contributed by atoms with van der Waals surface area (Å²) in [4.78, 5) is 21.9. The number of hydrogen-bond acceptors (Lipinski definition) is 3. The number of pyridine rings is 1. The molecule has 0 fully saturated rings. The molecule has 0 saturated heterocycles. The molecular formula is C23H18N4O. The Bertz CT molecular complexity index is 1320. The molecular weight excluding hydrogens is 348 g/mol. The van der Waals surface area contributed by atoms with Crippen molar-refractivity contribution in [3.8, 4) is 11.3 Å². The number of nitrogens with zero attached hydrogens (tertiary/aromatic N) is 4. The van der Waals surface area contributed by atoms with E-state index < -0.39 is 0 Å². The van der Waals surface area contributed by atoms with Crippen LogP contribution in [0.2, 0.25) is 0 Å². The molecule has 0 N–H and O–H groups in total. The Morgan fingerprint density at radius 3 is 2.32 bits per heavy atom. The van der Waals surface area contributed by atoms with Crippen molar-refractivity contribution in [3.05, 3.63) is 101 Å². The van der Waals surface area contributed by atoms with E-state index in [0.29, 0.717) is 11.5 Å². The van der Waals surface area contributed by atoms with E-state index in [-0.39, 0.29) is 5.56 Å². The van der Waals surface area contributed by atoms with Crippen LogP contribution in [-0.2, 0) is 13.0 Å². The number of imidazole rings is 1. The van der Waals surface area contributed by atoms with Crippen molar-refractivity contribution in [2.24, 2.45) is 0 Å². The summed E-state index contributed by atoms with van der Waals surface area (Å²) in [5, 5.41) is 0. The summed E-state index contributed by atoms with van der Waals surface area (Å²) < 4.78 is 3.83. The van der Waals surface area contributed by atoms with Gasteiger partial charge in [-0.15, -0.1) is 0 Å². The zero-order chi connectivity index (χ0) is 18.9. The molecule has 0 aliphatic rings. The van der Waals surface area contributed by atoms with E-state index in [2.05, 4.69) is 21.7 Å². The molecule has 0 aliphatic heterocycles. The molecule has 0 amide bonds. The third kappa shape index (κ3) is 2.77. The van der Waals surface area contributed by atoms with E-state index in [1.165, 1.54) is 5.56 Å². The number of benzene rings is 2. The summed E-state index contributed by atoms with van der Waals surface area (Å²) in [5.74, 6) is 0.663. The molecule has 28 heavy (non-hydrogen) atoms. The van der Waals surface area contributed by atoms with E-state index >= 15 is 0 Å². The van der Waals surface area contributed by atoms with Crippen LogP contribution >= 0.6 is 0 Å². The van der Waals surface area contributed by atoms with Gasteiger partial charge in [0.2, 0.25) is 5.78 Å². The summed E-state index contributed by atoms with van der Waals surface area (Å²) in [6, 6.07) is 23.6. The van der Waals surface area contributed by atoms with Crippen LogP contribution in [0.5, 0.6) is 0 Å². The molecule has 0 bridgehead atoms. The first-order valence-corrected chi connectivity index (χ1v) is 9.26. The zero-order valence-corrected chi connectivity index (χ0v) is 15.2. The quantitative estimate of drug-likeness (QED) is 0.484. The average molecular weight is 366 g/mol. The largest absolute Gasteiger partial charge is 0.309 e. The van der Waals surface area contributed by atoms with E-state index in [1.54, 1.807) is 22.9 Å². The molecule has 5 aromatic rings. The van der Waals surface area contributed by atoms with Crippen LogP contribution in [0.4, 0.5) is 0 Å². The Hall–Kier alpha value is -3.73. The molecule has 0 radical (unpaired) electrons. The van der Waals surface area contributed by atoms with Crippen molar-refractivity contribution in [2.75, 3.05) is 0 Å². The first kappa shape index (κ1) is 16.4. The first-order valence-electron chi connectivity index (χ1n) is 9.26. The van der Waals surface area contributed by atoms with Crippen molar-refractivity contribution in [1.82, 2.24) is 18.9 Å². The molecule has 3 heterocycles. The maximum atomic E-state index is 13.0. The standard InChI is InChI=1S/C23H18N4O/c28-22-16-19(18-10-13-24-14-11-18)25-23-26(15-12-17-6-2-1-3-7-17)20-8-4-5-9-21(20)27(22)23/h1-11,13-14,16H,12,15H2. The summed E-state index contributed by atoms with van der Waals surface area (Å²) in [6.45, 7) is 0.743. The number of hydrogen-bond donors (Lipinski definition) is 0. The molecule has 0 spiro atoms. The second kappa shape index (κ2) is 6.78. The molecule has 136 valence electrons. The van der Waals surface area contributed by atoms with Gasteiger partial charge in [0.15, 0.2) is 0 Å². The smallest absolute Gasteiger partial charge is 0.260 e. The Kier molecular flexibility index (Phi) is 3.98. The Balaban J connectivity index is 1.72. The van der Waals surface area contributed by atoms with Gasteiger partial charge in [-0.05, 0) is 36.2 Å². The second-order valence-corrected chi connectivity index (χ2v) is 6.73. The van der Waals surface area contributed by atoms with Crippen LogP contribution in [0.15, 0.2) is 90.0 Å². The fourth-order valence-corrected chi connectivity index (χ4v) is 3.64. The van der Waals surface area contributed by atoms with Gasteiger partial charge in [-0.25, -0.2) is 9.38 Å². The highest BCUT2D eigenvalue weighted by molar-refractivity contribution is 5.81. The molecule has 3 aromatic heterocycles. The lowest BCUT2D eigenvalue weighted by molar-refractivity contribution is 0.727. The number of fused-ring (bicyclic) bond motifs is 3. The molecule has 0 saturated carbocycles. The third-order valence-electron chi connectivity index (χ3n) is 5.00. The van der Waals surface area contributed by atoms with Crippen LogP contribution in [0.1, 0.15) is 5.56 Å². The van der Waals surface area contributed by atoms with Gasteiger partial charge >= 0.3 is 0 Å². The highest BCUT2D eigenvalue weighted by Crippen LogP contribution is 2.22. The fourth-order valence-electron chi connectivity index (χ4n) is 3.64. The SMILES string of the molecule is O=c1cc(-c2ccncc2)nc2n(CCc3ccccc3)c3ccccc3n12. The van der Waals surface area contributed by atoms with Crippen molar-refractivity contribution < 1.29 is 0 Å². The minimum absolute atomic E-state index is 0.0773. The molecule has 5 rings (SSSR count). The predicted molar refractivity (Wildman–Crippen MR) is 110 cm³/mol. The normalized spacial score (nSPS) is 11.3. The van der Waals surface area contributed by atoms with Gasteiger partial charge in [0.05, 0.1) is 16.7 Å². The minimum atomic E-state index is -0.0773. The molecule has 2 aromatic carbocycles. The van der Waals surface area contributed by atoms with E-state index in [0.717, 1.165) is 29.6 Å². The topological polar surface area (TPSA) is 52.2 Å². The average Bonchev–Trinajstić information content (AvgIpc) is 3.07. The monoisotopic (exact) mass is 366 g/mol. The van der Waals surface area contributed by atoms with Crippen molar-refractivity contribution in [2.45, 2.75) is 13.0 Å². The van der Waals surface area contributed by atoms with Gasteiger partial charge in [-0.2, -0.15) is 0 Å². The van der Waals surface area contributed by atoms with Crippen molar-refractivity contribution in [1.29, 1.82) is 0 Å². The third-order valence-corrected chi connectivity index (χ3v) is 5.00. The van der Waals surface area contributed by atoms with Gasteiger partial charge in [0, 0.05) is 30.6 Å². The predicted octanol–water partition coefficient (Wildman–Crippen LogP) is 3.95. The van der Waals surface area contributed by atoms with Gasteiger partial charge in [-0.1, -0.05) is 42.5 Å². The van der Waals surface area contributed by atoms with E-state index in [4.69, 9.17) is 4.98 Å². The molecule has 5 nitrogen and oxygen atoms in total. The lowest BCUT2D eigenvalue weighted by Gasteiger charge is -2.07. The summed E-state index contributed by atoms with van der Waals surface area (Å²) in [6.07, 6.45) is 4.29. The van der Waals surface area contributed by atoms with Crippen molar-refractivity contribution in [3.63, 3.8) is 0 Å². The first-order chi connectivity index (χ1) is 13.8. The highest BCUT2D eigenvalue weighted by atomic mass is 16.1. The molecule has 0 aliphatic carbocycles. The number of rotatable bonds is 4. The summed E-state index contributed by atoms with van der Waals surface area (Å²) in [5.41, 5.74) is 4.61. The van der Waals surface area contributed by atoms with Crippen LogP contribution in [0.3, 0.4) is 0 Å². The van der Waals surface area contributed by atoms with Gasteiger partial charge in [-0.3, -0.25) is 9.78 Å². The van der Waals surface area contributed by atoms with Crippen LogP contribution in [-0.4, -0.2) is 18.9 Å². The van der Waals surface area contributed by atoms with Gasteiger partial charge < -0.3 is 4.57 Å². The Morgan fingerprint density at radius 2 is 1.54 bits per heavy atom. The zero-order valence-electron chi connectivity index (χ0n) is 15.2. The number of aryl methyl sites for hydroxylation is 2. The van der Waals surface area contributed by atoms with Crippen molar-refractivity contribution >= 4 is 16.8 Å². The van der Waals surface area contributed by atoms with Crippen LogP contribution < -0.4 is 5.56 Å². The maximum Gasteiger partial charge on any atom is 0.260 e. The summed E-state index contributed by atoms with van der Waals surface area (Å²) >= 11 is 0. The lowest BCUT2D eigenvalue weighted by atomic mass is 10.1. The Morgan fingerprint density at radius 1 is 0.821 bits per heavy atom. The van der Waals surface area contributed by atoms with Gasteiger partial charge in [0.1, 0.15) is 0 Å². The second-order valence-electron chi connectivity index (χ2n) is 6.73. The molecule has 0 atom stereocenters. The molecule has 5 heteroatoms. The summed E-state index contributed by atoms with van der Waals surface area (Å²) in [7, 11) is 0. The van der Waals surface area contributed by atoms with Gasteiger partial charge in [0.25, 0.3) is 5.56 Å². The van der Waals surface area contributed by atoms with Crippen LogP contribution in [0, 0.1) is 0 Å². The number of para-hydroxylation sites is 2. The highest BCUT2D eigenvalue weighted by Gasteiger charge is 2.15. The minimum Gasteiger partial charge on any atom is -0.309 e. The number of aromatic nitrogens is 4. The van der Waals surface area contributed by atoms with Crippen LogP contribution in [0.25, 0.3) is 28.1 Å². The maximum absolute atomic E-state index is 13.0. The van der Waals surface area contributed by atoms with E-state index in [1.807, 2.05) is 54.6 Å². The Labute approximate surface area is 161 Å². The molecule has 0 unspecified atom stereocenters. The fraction of sp³-hybridized carbons (Fsp3) is 0.0870. The lowest BCUT2D eigenvalue weighted by Crippen LogP contribution is -2.15.